The Bertz CT molecular complexity index is 1260. The van der Waals surface area contributed by atoms with E-state index in [-0.39, 0.29) is 0 Å². The molecule has 140 valence electrons. The lowest BCUT2D eigenvalue weighted by Crippen LogP contribution is -2.05. The van der Waals surface area contributed by atoms with Gasteiger partial charge in [0, 0.05) is 17.5 Å². The molecule has 0 N–H and O–H groups in total. The molecule has 0 saturated carbocycles. The first-order chi connectivity index (χ1) is 14.3. The van der Waals surface area contributed by atoms with Crippen molar-refractivity contribution < 1.29 is 0 Å². The van der Waals surface area contributed by atoms with Gasteiger partial charge < -0.3 is 0 Å². The number of aromatic nitrogens is 4. The van der Waals surface area contributed by atoms with Gasteiger partial charge in [0.1, 0.15) is 11.5 Å². The molecule has 0 atom stereocenters. The summed E-state index contributed by atoms with van der Waals surface area (Å²) in [4.78, 5) is 4.95. The van der Waals surface area contributed by atoms with Crippen molar-refractivity contribution in [2.45, 2.75) is 13.3 Å². The minimum Gasteiger partial charge on any atom is -0.232 e. The average Bonchev–Trinajstić information content (AvgIpc) is 3.20. The summed E-state index contributed by atoms with van der Waals surface area (Å²) in [6, 6.07) is 31.1. The van der Waals surface area contributed by atoms with Crippen molar-refractivity contribution in [3.8, 4) is 22.5 Å². The number of nitrogens with zero attached hydrogens (tertiary/aromatic N) is 4. The summed E-state index contributed by atoms with van der Waals surface area (Å²) in [5.74, 6) is 0.874. The van der Waals surface area contributed by atoms with Crippen LogP contribution in [-0.2, 0) is 6.42 Å². The number of hydrogen-bond donors (Lipinski definition) is 0. The van der Waals surface area contributed by atoms with E-state index in [4.69, 9.17) is 4.98 Å². The van der Waals surface area contributed by atoms with Crippen LogP contribution in [0.5, 0.6) is 0 Å². The molecule has 2 aromatic heterocycles. The van der Waals surface area contributed by atoms with Gasteiger partial charge in [0.2, 0.25) is 0 Å². The number of hydrogen-bond acceptors (Lipinski definition) is 3. The van der Waals surface area contributed by atoms with Gasteiger partial charge in [-0.15, -0.1) is 5.10 Å². The molecule has 0 spiro atoms. The highest BCUT2D eigenvalue weighted by Gasteiger charge is 2.15. The molecule has 0 bridgehead atoms. The third-order valence-electron chi connectivity index (χ3n) is 5.07. The molecule has 4 nitrogen and oxygen atoms in total. The standard InChI is InChI=1S/C25H20N4/c1-18-12-14-21(15-13-18)25-23-17-22(20-10-6-3-7-11-20)26-24(29(23)28-27-25)16-19-8-4-2-5-9-19/h2-15,17H,16H2,1H3. The van der Waals surface area contributed by atoms with Gasteiger partial charge in [-0.05, 0) is 18.6 Å². The average molecular weight is 376 g/mol. The molecule has 0 unspecified atom stereocenters. The minimum absolute atomic E-state index is 0.689. The van der Waals surface area contributed by atoms with Gasteiger partial charge in [-0.2, -0.15) is 4.52 Å². The van der Waals surface area contributed by atoms with Crippen LogP contribution < -0.4 is 0 Å². The first kappa shape index (κ1) is 17.3. The quantitative estimate of drug-likeness (QED) is 0.424. The zero-order valence-electron chi connectivity index (χ0n) is 16.2. The first-order valence-electron chi connectivity index (χ1n) is 9.70. The molecular formula is C25H20N4. The Morgan fingerprint density at radius 2 is 1.45 bits per heavy atom. The monoisotopic (exact) mass is 376 g/mol. The van der Waals surface area contributed by atoms with Crippen LogP contribution in [0.15, 0.2) is 91.0 Å². The largest absolute Gasteiger partial charge is 0.232 e. The highest BCUT2D eigenvalue weighted by atomic mass is 15.4. The van der Waals surface area contributed by atoms with Crippen molar-refractivity contribution in [3.63, 3.8) is 0 Å². The molecule has 0 fully saturated rings. The van der Waals surface area contributed by atoms with Crippen molar-refractivity contribution in [2.75, 3.05) is 0 Å². The van der Waals surface area contributed by atoms with Gasteiger partial charge in [-0.1, -0.05) is 95.7 Å². The molecule has 0 aliphatic heterocycles. The van der Waals surface area contributed by atoms with Crippen LogP contribution in [0, 0.1) is 6.92 Å². The Labute approximate surface area is 169 Å². The van der Waals surface area contributed by atoms with Crippen LogP contribution in [0.2, 0.25) is 0 Å². The Balaban J connectivity index is 1.71. The SMILES string of the molecule is Cc1ccc(-c2nnn3c(Cc4ccccc4)nc(-c4ccccc4)cc23)cc1. The van der Waals surface area contributed by atoms with Crippen molar-refractivity contribution >= 4 is 5.52 Å². The molecule has 0 aliphatic rings. The van der Waals surface area contributed by atoms with Crippen molar-refractivity contribution in [3.05, 3.63) is 108 Å². The predicted octanol–water partition coefficient (Wildman–Crippen LogP) is 5.36. The Kier molecular flexibility index (Phi) is 4.37. The van der Waals surface area contributed by atoms with E-state index in [0.717, 1.165) is 33.9 Å². The van der Waals surface area contributed by atoms with E-state index in [1.165, 1.54) is 11.1 Å². The minimum atomic E-state index is 0.689. The van der Waals surface area contributed by atoms with Gasteiger partial charge in [0.15, 0.2) is 0 Å². The molecule has 2 heterocycles. The summed E-state index contributed by atoms with van der Waals surface area (Å²) in [7, 11) is 0. The second kappa shape index (κ2) is 7.32. The molecule has 5 rings (SSSR count). The van der Waals surface area contributed by atoms with Gasteiger partial charge in [0.25, 0.3) is 0 Å². The number of aryl methyl sites for hydroxylation is 1. The lowest BCUT2D eigenvalue weighted by Gasteiger charge is -2.09. The zero-order chi connectivity index (χ0) is 19.6. The van der Waals surface area contributed by atoms with Crippen LogP contribution in [0.4, 0.5) is 0 Å². The predicted molar refractivity (Wildman–Crippen MR) is 116 cm³/mol. The maximum Gasteiger partial charge on any atom is 0.137 e. The molecule has 0 radical (unpaired) electrons. The normalized spacial score (nSPS) is 11.1. The van der Waals surface area contributed by atoms with Crippen molar-refractivity contribution in [1.82, 2.24) is 19.8 Å². The highest BCUT2D eigenvalue weighted by Crippen LogP contribution is 2.27. The van der Waals surface area contributed by atoms with E-state index in [1.54, 1.807) is 0 Å². The van der Waals surface area contributed by atoms with Gasteiger partial charge in [0.05, 0.1) is 11.2 Å². The Morgan fingerprint density at radius 1 is 0.759 bits per heavy atom. The highest BCUT2D eigenvalue weighted by molar-refractivity contribution is 5.79. The maximum atomic E-state index is 4.95. The van der Waals surface area contributed by atoms with E-state index in [1.807, 2.05) is 40.9 Å². The summed E-state index contributed by atoms with van der Waals surface area (Å²) in [6.45, 7) is 2.09. The second-order valence-corrected chi connectivity index (χ2v) is 7.19. The van der Waals surface area contributed by atoms with Crippen molar-refractivity contribution in [2.24, 2.45) is 0 Å². The van der Waals surface area contributed by atoms with Crippen LogP contribution >= 0.6 is 0 Å². The third-order valence-corrected chi connectivity index (χ3v) is 5.07. The third kappa shape index (κ3) is 3.41. The summed E-state index contributed by atoms with van der Waals surface area (Å²) < 4.78 is 1.87. The van der Waals surface area contributed by atoms with E-state index in [9.17, 15) is 0 Å². The first-order valence-corrected chi connectivity index (χ1v) is 9.70. The molecule has 4 heteroatoms. The Hall–Kier alpha value is -3.79. The molecule has 3 aromatic carbocycles. The van der Waals surface area contributed by atoms with Crippen molar-refractivity contribution in [1.29, 1.82) is 0 Å². The van der Waals surface area contributed by atoms with E-state index < -0.39 is 0 Å². The number of benzene rings is 3. The molecule has 29 heavy (non-hydrogen) atoms. The molecule has 0 aliphatic carbocycles. The molecule has 0 saturated heterocycles. The van der Waals surface area contributed by atoms with Gasteiger partial charge in [-0.25, -0.2) is 4.98 Å². The lowest BCUT2D eigenvalue weighted by atomic mass is 10.1. The number of fused-ring (bicyclic) bond motifs is 1. The zero-order valence-corrected chi connectivity index (χ0v) is 16.2. The lowest BCUT2D eigenvalue weighted by molar-refractivity contribution is 0.776. The second-order valence-electron chi connectivity index (χ2n) is 7.19. The molecular weight excluding hydrogens is 356 g/mol. The fourth-order valence-corrected chi connectivity index (χ4v) is 3.52. The molecule has 0 amide bonds. The summed E-state index contributed by atoms with van der Waals surface area (Å²) in [6.07, 6.45) is 0.689. The fourth-order valence-electron chi connectivity index (χ4n) is 3.52. The topological polar surface area (TPSA) is 43.1 Å². The van der Waals surface area contributed by atoms with Crippen LogP contribution in [0.3, 0.4) is 0 Å². The summed E-state index contributed by atoms with van der Waals surface area (Å²) in [5.41, 5.74) is 7.33. The Morgan fingerprint density at radius 3 is 2.17 bits per heavy atom. The smallest absolute Gasteiger partial charge is 0.137 e. The van der Waals surface area contributed by atoms with Gasteiger partial charge >= 0.3 is 0 Å². The van der Waals surface area contributed by atoms with Crippen LogP contribution in [-0.4, -0.2) is 19.8 Å². The summed E-state index contributed by atoms with van der Waals surface area (Å²) >= 11 is 0. The van der Waals surface area contributed by atoms with E-state index in [2.05, 4.69) is 71.8 Å². The fraction of sp³-hybridized carbons (Fsp3) is 0.0800. The van der Waals surface area contributed by atoms with Gasteiger partial charge in [-0.3, -0.25) is 0 Å². The summed E-state index contributed by atoms with van der Waals surface area (Å²) in [5, 5.41) is 8.96. The molecule has 5 aromatic rings. The number of rotatable bonds is 4. The van der Waals surface area contributed by atoms with E-state index >= 15 is 0 Å². The van der Waals surface area contributed by atoms with E-state index in [0.29, 0.717) is 6.42 Å². The van der Waals surface area contributed by atoms with Crippen LogP contribution in [0.1, 0.15) is 17.0 Å². The maximum absolute atomic E-state index is 4.95. The van der Waals surface area contributed by atoms with Crippen LogP contribution in [0.25, 0.3) is 28.0 Å².